The van der Waals surface area contributed by atoms with Crippen molar-refractivity contribution in [2.24, 2.45) is 5.73 Å². The lowest BCUT2D eigenvalue weighted by Gasteiger charge is -2.49. The number of urea groups is 1. The molecule has 276 valence electrons. The molecule has 7 amide bonds. The van der Waals surface area contributed by atoms with Crippen LogP contribution in [0.4, 0.5) is 15.3 Å². The summed E-state index contributed by atoms with van der Waals surface area (Å²) in [5, 5.41) is 36.1. The molecule has 3 aliphatic heterocycles. The molecule has 0 saturated carbocycles. The van der Waals surface area contributed by atoms with Crippen molar-refractivity contribution >= 4 is 76.9 Å². The van der Waals surface area contributed by atoms with Gasteiger partial charge in [0.1, 0.15) is 40.8 Å². The Labute approximate surface area is 302 Å². The van der Waals surface area contributed by atoms with Gasteiger partial charge in [0.15, 0.2) is 0 Å². The summed E-state index contributed by atoms with van der Waals surface area (Å²) in [4.78, 5) is 104. The van der Waals surface area contributed by atoms with Crippen LogP contribution < -0.4 is 21.7 Å². The van der Waals surface area contributed by atoms with E-state index in [2.05, 4.69) is 31.4 Å². The largest absolute Gasteiger partial charge is 0.480 e. The van der Waals surface area contributed by atoms with Crippen LogP contribution in [0.25, 0.3) is 0 Å². The molecule has 52 heavy (non-hydrogen) atoms. The van der Waals surface area contributed by atoms with E-state index in [-0.39, 0.29) is 48.1 Å². The number of rotatable bonds is 13. The minimum atomic E-state index is -1.55. The highest BCUT2D eigenvalue weighted by Gasteiger charge is 2.54. The second-order valence-corrected chi connectivity index (χ2v) is 13.4. The fourth-order valence-corrected chi connectivity index (χ4v) is 7.54. The van der Waals surface area contributed by atoms with E-state index in [4.69, 9.17) is 15.6 Å². The molecule has 0 spiro atoms. The van der Waals surface area contributed by atoms with E-state index in [0.29, 0.717) is 15.5 Å². The number of benzene rings is 1. The molecule has 0 aliphatic carbocycles. The number of carboxylic acids is 2. The number of piperazine rings is 1. The number of nitrogens with zero attached hydrogens (tertiary/aromatic N) is 5. The van der Waals surface area contributed by atoms with Gasteiger partial charge >= 0.3 is 35.9 Å². The van der Waals surface area contributed by atoms with Gasteiger partial charge in [-0.25, -0.2) is 14.4 Å². The number of aromatic amines is 1. The van der Waals surface area contributed by atoms with Crippen molar-refractivity contribution in [3.05, 3.63) is 47.3 Å². The second-order valence-electron chi connectivity index (χ2n) is 11.3. The zero-order chi connectivity index (χ0) is 37.7. The lowest BCUT2D eigenvalue weighted by atomic mass is 10.0. The number of hydrogen-bond donors (Lipinski definition) is 7. The number of anilines is 1. The number of likely N-dealkylation sites (N-methyl/N-ethyl adjacent to an activating group) is 1. The predicted molar refractivity (Wildman–Crippen MR) is 179 cm³/mol. The van der Waals surface area contributed by atoms with Crippen molar-refractivity contribution in [1.29, 1.82) is 0 Å². The molecule has 2 saturated heterocycles. The first kappa shape index (κ1) is 37.6. The molecular weight excluding hydrogens is 729 g/mol. The van der Waals surface area contributed by atoms with E-state index in [1.54, 1.807) is 6.92 Å². The standard InChI is InChI=1S/C29H32N10O11S2/c1-2-37-7-8-38(24(43)23(37)42)28(48)34-18(13-3-5-15(6-4-13)32-29(49)50-10-16(30)26(44)45)21(40)33-19-22(41)39-20(27(46)47)14(12-52-25(19)39)11-51-17-9-31-36-35-17/h3-6,9,16,18-19,25H,2,7-8,10-12,30H2,1H3,(H,32,49)(H,33,40)(H,34,48)(H,44,45)(H,46,47)(H,31,35,36)/t16-,18-,19-,25+/m1/s1. The van der Waals surface area contributed by atoms with Gasteiger partial charge in [0.2, 0.25) is 5.91 Å². The van der Waals surface area contributed by atoms with Gasteiger partial charge < -0.3 is 36.2 Å². The molecular formula is C29H32N10O11S2. The number of hydrogen-bond acceptors (Lipinski definition) is 14. The second kappa shape index (κ2) is 16.1. The average molecular weight is 761 g/mol. The predicted octanol–water partition coefficient (Wildman–Crippen LogP) is -1.26. The number of carbonyl (C=O) groups excluding carboxylic acids is 6. The molecule has 2 aromatic rings. The van der Waals surface area contributed by atoms with Crippen LogP contribution in [0.15, 0.2) is 46.8 Å². The van der Waals surface area contributed by atoms with Crippen molar-refractivity contribution in [3.8, 4) is 0 Å². The van der Waals surface area contributed by atoms with E-state index in [0.717, 1.165) is 4.90 Å². The van der Waals surface area contributed by atoms with Crippen LogP contribution in [0.3, 0.4) is 0 Å². The molecule has 3 aliphatic rings. The number of carbonyl (C=O) groups is 8. The summed E-state index contributed by atoms with van der Waals surface area (Å²) in [6.07, 6.45) is 0.451. The van der Waals surface area contributed by atoms with Crippen molar-refractivity contribution in [2.45, 2.75) is 35.4 Å². The topological polar surface area (TPSA) is 300 Å². The molecule has 0 bridgehead atoms. The van der Waals surface area contributed by atoms with Gasteiger partial charge in [-0.3, -0.25) is 39.1 Å². The van der Waals surface area contributed by atoms with E-state index in [1.807, 2.05) is 0 Å². The van der Waals surface area contributed by atoms with Gasteiger partial charge in [0.05, 0.1) is 6.20 Å². The fraction of sp³-hybridized carbons (Fsp3) is 0.379. The lowest BCUT2D eigenvalue weighted by Crippen LogP contribution is -2.71. The van der Waals surface area contributed by atoms with Gasteiger partial charge in [0.25, 0.3) is 5.91 Å². The van der Waals surface area contributed by atoms with Crippen LogP contribution >= 0.6 is 23.5 Å². The summed E-state index contributed by atoms with van der Waals surface area (Å²) in [6, 6.07) is 0.138. The van der Waals surface area contributed by atoms with Gasteiger partial charge in [-0.05, 0) is 30.2 Å². The molecule has 1 aromatic carbocycles. The van der Waals surface area contributed by atoms with Gasteiger partial charge in [-0.1, -0.05) is 23.9 Å². The first-order valence-corrected chi connectivity index (χ1v) is 17.5. The number of ether oxygens (including phenoxy) is 1. The highest BCUT2D eigenvalue weighted by Crippen LogP contribution is 2.41. The zero-order valence-corrected chi connectivity index (χ0v) is 28.8. The molecule has 21 nitrogen and oxygen atoms in total. The molecule has 0 radical (unpaired) electrons. The fourth-order valence-electron chi connectivity index (χ4n) is 5.27. The average Bonchev–Trinajstić information content (AvgIpc) is 3.65. The summed E-state index contributed by atoms with van der Waals surface area (Å²) in [7, 11) is 0. The maximum absolute atomic E-state index is 13.8. The molecule has 23 heteroatoms. The van der Waals surface area contributed by atoms with Crippen LogP contribution in [0.5, 0.6) is 0 Å². The quantitative estimate of drug-likeness (QED) is 0.0712. The summed E-state index contributed by atoms with van der Waals surface area (Å²) < 4.78 is 4.78. The highest BCUT2D eigenvalue weighted by molar-refractivity contribution is 8.01. The third kappa shape index (κ3) is 8.10. The van der Waals surface area contributed by atoms with Gasteiger partial charge in [-0.2, -0.15) is 10.3 Å². The molecule has 0 unspecified atom stereocenters. The number of nitrogens with one attached hydrogen (secondary N) is 4. The van der Waals surface area contributed by atoms with Crippen molar-refractivity contribution in [2.75, 3.05) is 43.1 Å². The van der Waals surface area contributed by atoms with E-state index in [9.17, 15) is 43.5 Å². The Balaban J connectivity index is 1.32. The Bertz CT molecular complexity index is 1810. The lowest BCUT2D eigenvalue weighted by molar-refractivity contribution is -0.153. The maximum Gasteiger partial charge on any atom is 0.411 e. The van der Waals surface area contributed by atoms with Crippen LogP contribution in [-0.4, -0.2) is 143 Å². The maximum atomic E-state index is 13.8. The number of fused-ring (bicyclic) bond motifs is 1. The van der Waals surface area contributed by atoms with E-state index in [1.165, 1.54) is 58.9 Å². The summed E-state index contributed by atoms with van der Waals surface area (Å²) in [5.74, 6) is -5.84. The number of aliphatic carboxylic acids is 2. The van der Waals surface area contributed by atoms with Crippen molar-refractivity contribution in [3.63, 3.8) is 0 Å². The SMILES string of the molecule is CCN1CCN(C(=O)N[C@@H](C(=O)N[C@@H]2C(=O)N3C(C(=O)O)=C(CSc4cn[nH]n4)CS[C@@H]23)c2ccc(NC(=O)OC[C@@H](N)C(=O)O)cc2)C(=O)C1=O. The first-order valence-electron chi connectivity index (χ1n) is 15.4. The third-order valence-electron chi connectivity index (χ3n) is 8.00. The number of H-pyrrole nitrogens is 1. The number of thioether (sulfide) groups is 2. The number of nitrogens with two attached hydrogens (primary N) is 1. The van der Waals surface area contributed by atoms with E-state index < -0.39 is 77.8 Å². The molecule has 4 atom stereocenters. The van der Waals surface area contributed by atoms with Crippen LogP contribution in [-0.2, 0) is 33.5 Å². The molecule has 4 heterocycles. The van der Waals surface area contributed by atoms with Crippen molar-refractivity contribution < 1.29 is 53.3 Å². The summed E-state index contributed by atoms with van der Waals surface area (Å²) >= 11 is 2.46. The number of carboxylic acid groups (broad SMARTS) is 2. The smallest absolute Gasteiger partial charge is 0.411 e. The van der Waals surface area contributed by atoms with Crippen LogP contribution in [0.1, 0.15) is 18.5 Å². The van der Waals surface area contributed by atoms with Gasteiger partial charge in [0, 0.05) is 36.8 Å². The summed E-state index contributed by atoms with van der Waals surface area (Å²) in [6.45, 7) is 1.24. The van der Waals surface area contributed by atoms with Gasteiger partial charge in [-0.15, -0.1) is 16.9 Å². The van der Waals surface area contributed by atoms with Crippen molar-refractivity contribution in [1.82, 2.24) is 40.7 Å². The number of aromatic nitrogens is 3. The normalized spacial score (nSPS) is 19.7. The summed E-state index contributed by atoms with van der Waals surface area (Å²) in [5.41, 5.74) is 5.86. The first-order chi connectivity index (χ1) is 24.8. The number of amides is 7. The van der Waals surface area contributed by atoms with E-state index >= 15 is 0 Å². The van der Waals surface area contributed by atoms with Crippen LogP contribution in [0, 0.1) is 0 Å². The van der Waals surface area contributed by atoms with Crippen LogP contribution in [0.2, 0.25) is 0 Å². The Hall–Kier alpha value is -5.68. The number of imide groups is 1. The highest BCUT2D eigenvalue weighted by atomic mass is 32.2. The third-order valence-corrected chi connectivity index (χ3v) is 10.3. The zero-order valence-electron chi connectivity index (χ0n) is 27.1. The Morgan fingerprint density at radius 2 is 1.85 bits per heavy atom. The monoisotopic (exact) mass is 760 g/mol. The Morgan fingerprint density at radius 1 is 1.12 bits per heavy atom. The molecule has 8 N–H and O–H groups in total. The number of β-lactam (4-membered cyclic amide) rings is 1. The Morgan fingerprint density at radius 3 is 2.48 bits per heavy atom. The minimum absolute atomic E-state index is 0.0724. The minimum Gasteiger partial charge on any atom is -0.480 e. The Kier molecular flexibility index (Phi) is 11.6. The molecule has 5 rings (SSSR count). The molecule has 2 fully saturated rings. The molecule has 1 aromatic heterocycles.